The molecule has 35 heavy (non-hydrogen) atoms. The summed E-state index contributed by atoms with van der Waals surface area (Å²) >= 11 is 8.95. The van der Waals surface area contributed by atoms with Crippen molar-refractivity contribution in [2.75, 3.05) is 11.2 Å². The molecule has 9 nitrogen and oxygen atoms in total. The maximum Gasteiger partial charge on any atom is 0.197 e. The Kier molecular flexibility index (Phi) is 18.1. The third kappa shape index (κ3) is 17.8. The highest BCUT2D eigenvalue weighted by Gasteiger charge is 1.99. The predicted octanol–water partition coefficient (Wildman–Crippen LogP) is 4.88. The first kappa shape index (κ1) is 35.0. The van der Waals surface area contributed by atoms with Crippen molar-refractivity contribution in [1.82, 2.24) is 15.0 Å². The lowest BCUT2D eigenvalue weighted by molar-refractivity contribution is -0.119. The molecule has 0 aromatic carbocycles. The van der Waals surface area contributed by atoms with E-state index < -0.39 is 0 Å². The van der Waals surface area contributed by atoms with Crippen molar-refractivity contribution in [2.24, 2.45) is 23.2 Å². The summed E-state index contributed by atoms with van der Waals surface area (Å²) in [6.07, 6.45) is 0. The number of aryl methyl sites for hydroxylation is 7. The van der Waals surface area contributed by atoms with Gasteiger partial charge in [-0.15, -0.1) is 34.0 Å². The second-order valence-electron chi connectivity index (χ2n) is 7.54. The van der Waals surface area contributed by atoms with Crippen molar-refractivity contribution in [3.05, 3.63) is 36.7 Å². The van der Waals surface area contributed by atoms with Gasteiger partial charge in [0.15, 0.2) is 15.4 Å². The molecule has 0 atom stereocenters. The SMILES string of the molecule is CC(=O)C(C)C.Cc1nc(C)c(C)s1.Cc1nc(N)sc1C.Cc1nc(NN)sc1C.NC(N)=S. The Morgan fingerprint density at radius 3 is 1.31 bits per heavy atom. The Balaban J connectivity index is 0. The molecule has 0 bridgehead atoms. The molecule has 9 N–H and O–H groups in total. The zero-order chi connectivity index (χ0) is 27.9. The zero-order valence-electron chi connectivity index (χ0n) is 22.3. The summed E-state index contributed by atoms with van der Waals surface area (Å²) in [5.41, 5.74) is 20.4. The molecule has 0 saturated heterocycles. The lowest BCUT2D eigenvalue weighted by atomic mass is 10.1. The van der Waals surface area contributed by atoms with Crippen LogP contribution in [-0.4, -0.2) is 25.8 Å². The van der Waals surface area contributed by atoms with Crippen LogP contribution in [0.15, 0.2) is 0 Å². The van der Waals surface area contributed by atoms with Crippen LogP contribution in [0.25, 0.3) is 0 Å². The molecule has 0 unspecified atom stereocenters. The number of Topliss-reactive ketones (excluding diaryl/α,β-unsaturated/α-hetero) is 1. The number of rotatable bonds is 2. The molecular weight excluding hydrogens is 521 g/mol. The van der Waals surface area contributed by atoms with Crippen LogP contribution in [0.1, 0.15) is 57.5 Å². The molecule has 198 valence electrons. The highest BCUT2D eigenvalue weighted by Crippen LogP contribution is 2.19. The molecule has 3 aromatic heterocycles. The molecule has 3 rings (SSSR count). The van der Waals surface area contributed by atoms with E-state index in [0.29, 0.717) is 5.13 Å². The van der Waals surface area contributed by atoms with Gasteiger partial charge >= 0.3 is 0 Å². The van der Waals surface area contributed by atoms with Gasteiger partial charge in [-0.2, -0.15) is 0 Å². The molecule has 0 radical (unpaired) electrons. The lowest BCUT2D eigenvalue weighted by Crippen LogP contribution is -2.18. The van der Waals surface area contributed by atoms with E-state index in [1.54, 1.807) is 29.6 Å². The maximum absolute atomic E-state index is 10.1. The highest BCUT2D eigenvalue weighted by atomic mass is 32.1. The van der Waals surface area contributed by atoms with E-state index >= 15 is 0 Å². The van der Waals surface area contributed by atoms with Gasteiger partial charge in [-0.3, -0.25) is 10.2 Å². The van der Waals surface area contributed by atoms with Crippen LogP contribution in [0.4, 0.5) is 10.3 Å². The number of hydrogen-bond acceptors (Lipinski definition) is 11. The smallest absolute Gasteiger partial charge is 0.197 e. The van der Waals surface area contributed by atoms with Gasteiger partial charge in [0.25, 0.3) is 0 Å². The predicted molar refractivity (Wildman–Crippen MR) is 158 cm³/mol. The number of thiocarbonyl (C=S) groups is 1. The Morgan fingerprint density at radius 1 is 0.829 bits per heavy atom. The Bertz CT molecular complexity index is 934. The van der Waals surface area contributed by atoms with Crippen LogP contribution < -0.4 is 28.5 Å². The summed E-state index contributed by atoms with van der Waals surface area (Å²) in [7, 11) is 0. The van der Waals surface area contributed by atoms with Crippen LogP contribution in [0.2, 0.25) is 0 Å². The number of anilines is 2. The van der Waals surface area contributed by atoms with E-state index in [0.717, 1.165) is 16.5 Å². The monoisotopic (exact) mass is 560 g/mol. The standard InChI is InChI=1S/C6H9NS.C5H9N3S.C5H8N2S.C5H10O.CH4N2S/c1-4-5(2)8-6(3)7-4;1-3-4(2)9-5(7-3)8-6;1-3-4(2)8-5(6)7-3;1-4(2)5(3)6;2-1(3)4/h1-3H3;6H2,1-2H3,(H,7,8);1-2H3,(H2,6,7);4H,1-3H3;(H4,2,3,4). The number of thiazole rings is 3. The minimum atomic E-state index is 0.000000000000000222. The van der Waals surface area contributed by atoms with Crippen LogP contribution in [-0.2, 0) is 4.79 Å². The van der Waals surface area contributed by atoms with Crippen LogP contribution in [0, 0.1) is 54.4 Å². The third-order valence-corrected chi connectivity index (χ3v) is 7.04. The van der Waals surface area contributed by atoms with Gasteiger partial charge in [-0.05, 0) is 67.6 Å². The average molecular weight is 561 g/mol. The van der Waals surface area contributed by atoms with E-state index in [-0.39, 0.29) is 16.8 Å². The van der Waals surface area contributed by atoms with Gasteiger partial charge in [-0.1, -0.05) is 13.8 Å². The van der Waals surface area contributed by atoms with Gasteiger partial charge in [0.2, 0.25) is 0 Å². The van der Waals surface area contributed by atoms with E-state index in [4.69, 9.17) is 11.6 Å². The van der Waals surface area contributed by atoms with E-state index in [2.05, 4.69) is 51.0 Å². The molecule has 0 saturated carbocycles. The lowest BCUT2D eigenvalue weighted by Gasteiger charge is -1.90. The van der Waals surface area contributed by atoms with Gasteiger partial charge in [0, 0.05) is 20.5 Å². The Labute approximate surface area is 226 Å². The maximum atomic E-state index is 10.1. The van der Waals surface area contributed by atoms with Crippen molar-refractivity contribution >= 4 is 67.4 Å². The van der Waals surface area contributed by atoms with Gasteiger partial charge in [0.1, 0.15) is 5.78 Å². The van der Waals surface area contributed by atoms with Crippen molar-refractivity contribution in [3.8, 4) is 0 Å². The summed E-state index contributed by atoms with van der Waals surface area (Å²) in [5.74, 6) is 5.60. The molecule has 0 spiro atoms. The van der Waals surface area contributed by atoms with Gasteiger partial charge in [-0.25, -0.2) is 20.8 Å². The fourth-order valence-corrected chi connectivity index (χ4v) is 3.90. The fourth-order valence-electron chi connectivity index (χ4n) is 1.67. The molecule has 0 amide bonds. The van der Waals surface area contributed by atoms with Crippen LogP contribution in [0.3, 0.4) is 0 Å². The summed E-state index contributed by atoms with van der Waals surface area (Å²) < 4.78 is 0. The summed E-state index contributed by atoms with van der Waals surface area (Å²) in [5, 5.41) is 2.62. The number of nitrogen functional groups attached to an aromatic ring is 2. The van der Waals surface area contributed by atoms with Gasteiger partial charge < -0.3 is 17.2 Å². The number of carbonyl (C=O) groups excluding carboxylic acids is 1. The largest absolute Gasteiger partial charge is 0.377 e. The average Bonchev–Trinajstić information content (AvgIpc) is 3.31. The van der Waals surface area contributed by atoms with Gasteiger partial charge in [0.05, 0.1) is 22.1 Å². The molecule has 0 aliphatic carbocycles. The first-order valence-corrected chi connectivity index (χ1v) is 13.4. The molecule has 3 heterocycles. The number of aromatic nitrogens is 3. The third-order valence-electron chi connectivity index (χ3n) is 4.15. The zero-order valence-corrected chi connectivity index (χ0v) is 25.5. The molecule has 0 aliphatic heterocycles. The number of nitrogens with one attached hydrogen (secondary N) is 1. The molecular formula is C22H40N8OS4. The highest BCUT2D eigenvalue weighted by molar-refractivity contribution is 7.80. The van der Waals surface area contributed by atoms with Crippen LogP contribution >= 0.6 is 46.2 Å². The quantitative estimate of drug-likeness (QED) is 0.165. The van der Waals surface area contributed by atoms with Crippen LogP contribution in [0.5, 0.6) is 0 Å². The number of hydrogen-bond donors (Lipinski definition) is 5. The number of ketones is 1. The summed E-state index contributed by atoms with van der Waals surface area (Å²) in [6.45, 7) is 19.5. The number of nitrogens with two attached hydrogens (primary N) is 4. The van der Waals surface area contributed by atoms with Crippen molar-refractivity contribution in [3.63, 3.8) is 0 Å². The molecule has 13 heteroatoms. The molecule has 0 aliphatic rings. The number of nitrogens with zero attached hydrogens (tertiary/aromatic N) is 3. The molecule has 0 fully saturated rings. The molecule has 3 aromatic rings. The summed E-state index contributed by atoms with van der Waals surface area (Å²) in [6, 6.07) is 0. The van der Waals surface area contributed by atoms with Crippen molar-refractivity contribution in [2.45, 2.75) is 69.2 Å². The van der Waals surface area contributed by atoms with E-state index in [1.165, 1.54) is 36.7 Å². The fraction of sp³-hybridized carbons (Fsp3) is 0.500. The van der Waals surface area contributed by atoms with Crippen molar-refractivity contribution in [1.29, 1.82) is 0 Å². The Morgan fingerprint density at radius 2 is 1.20 bits per heavy atom. The summed E-state index contributed by atoms with van der Waals surface area (Å²) in [4.78, 5) is 26.2. The Hall–Kier alpha value is -2.19. The normalized spacial score (nSPS) is 9.26. The first-order chi connectivity index (χ1) is 16.0. The van der Waals surface area contributed by atoms with Crippen molar-refractivity contribution < 1.29 is 4.79 Å². The van der Waals surface area contributed by atoms with E-state index in [1.807, 2.05) is 55.4 Å². The number of carbonyl (C=O) groups is 1. The topological polar surface area (TPSA) is 172 Å². The minimum Gasteiger partial charge on any atom is -0.377 e. The van der Waals surface area contributed by atoms with E-state index in [9.17, 15) is 4.79 Å². The first-order valence-electron chi connectivity index (χ1n) is 10.6. The minimum absolute atomic E-state index is 0.000000000000000222. The number of hydrazine groups is 1. The second kappa shape index (κ2) is 18.1. The second-order valence-corrected chi connectivity index (χ2v) is 11.9.